The molecule has 20 heavy (non-hydrogen) atoms. The fourth-order valence-corrected chi connectivity index (χ4v) is 2.11. The molecular weight excluding hydrogens is 252 g/mol. The van der Waals surface area contributed by atoms with E-state index in [4.69, 9.17) is 4.42 Å². The van der Waals surface area contributed by atoms with Crippen molar-refractivity contribution >= 4 is 0 Å². The molecule has 0 bridgehead atoms. The number of furan rings is 1. The molecule has 5 nitrogen and oxygen atoms in total. The second kappa shape index (κ2) is 5.71. The maximum atomic E-state index is 5.38. The number of aromatic nitrogens is 3. The van der Waals surface area contributed by atoms with Gasteiger partial charge in [-0.1, -0.05) is 0 Å². The van der Waals surface area contributed by atoms with Crippen LogP contribution in [0.5, 0.6) is 0 Å². The standard InChI is InChI=1S/C15H16N4O/c1-11(14-5-3-7-20-14)17-9-13-10-18-19-15(13)12-4-2-6-16-8-12/h2-8,10-11,17H,9H2,1H3,(H,18,19)/t11-/m1/s1. The van der Waals surface area contributed by atoms with E-state index in [1.165, 1.54) is 0 Å². The maximum Gasteiger partial charge on any atom is 0.120 e. The van der Waals surface area contributed by atoms with Crippen LogP contribution in [0.1, 0.15) is 24.3 Å². The largest absolute Gasteiger partial charge is 0.468 e. The predicted molar refractivity (Wildman–Crippen MR) is 75.8 cm³/mol. The molecule has 3 rings (SSSR count). The van der Waals surface area contributed by atoms with Crippen LogP contribution in [0.4, 0.5) is 0 Å². The number of aromatic amines is 1. The van der Waals surface area contributed by atoms with Crippen LogP contribution >= 0.6 is 0 Å². The van der Waals surface area contributed by atoms with Crippen LogP contribution in [-0.2, 0) is 6.54 Å². The number of pyridine rings is 1. The summed E-state index contributed by atoms with van der Waals surface area (Å²) >= 11 is 0. The summed E-state index contributed by atoms with van der Waals surface area (Å²) in [5.41, 5.74) is 3.14. The summed E-state index contributed by atoms with van der Waals surface area (Å²) in [7, 11) is 0. The van der Waals surface area contributed by atoms with Gasteiger partial charge in [-0.25, -0.2) is 0 Å². The van der Waals surface area contributed by atoms with E-state index in [2.05, 4.69) is 27.4 Å². The Morgan fingerprint density at radius 1 is 1.30 bits per heavy atom. The highest BCUT2D eigenvalue weighted by Gasteiger charge is 2.11. The van der Waals surface area contributed by atoms with Gasteiger partial charge >= 0.3 is 0 Å². The van der Waals surface area contributed by atoms with Gasteiger partial charge in [0.05, 0.1) is 24.2 Å². The number of hydrogen-bond acceptors (Lipinski definition) is 4. The third-order valence-electron chi connectivity index (χ3n) is 3.24. The molecule has 5 heteroatoms. The highest BCUT2D eigenvalue weighted by Crippen LogP contribution is 2.21. The van der Waals surface area contributed by atoms with Crippen LogP contribution in [0.25, 0.3) is 11.3 Å². The highest BCUT2D eigenvalue weighted by atomic mass is 16.3. The lowest BCUT2D eigenvalue weighted by atomic mass is 10.1. The fourth-order valence-electron chi connectivity index (χ4n) is 2.11. The van der Waals surface area contributed by atoms with Gasteiger partial charge in [0.2, 0.25) is 0 Å². The van der Waals surface area contributed by atoms with Gasteiger partial charge in [-0.15, -0.1) is 0 Å². The molecule has 1 atom stereocenters. The van der Waals surface area contributed by atoms with Crippen LogP contribution in [0.15, 0.2) is 53.5 Å². The van der Waals surface area contributed by atoms with E-state index < -0.39 is 0 Å². The van der Waals surface area contributed by atoms with Gasteiger partial charge in [-0.2, -0.15) is 5.10 Å². The first kappa shape index (κ1) is 12.6. The van der Waals surface area contributed by atoms with Gasteiger partial charge in [-0.05, 0) is 31.2 Å². The number of hydrogen-bond donors (Lipinski definition) is 2. The van der Waals surface area contributed by atoms with Crippen LogP contribution in [-0.4, -0.2) is 15.2 Å². The van der Waals surface area contributed by atoms with E-state index in [9.17, 15) is 0 Å². The Labute approximate surface area is 117 Å². The lowest BCUT2D eigenvalue weighted by molar-refractivity contribution is 0.430. The van der Waals surface area contributed by atoms with Crippen molar-refractivity contribution in [3.8, 4) is 11.3 Å². The van der Waals surface area contributed by atoms with Crippen molar-refractivity contribution < 1.29 is 4.42 Å². The Balaban J connectivity index is 1.72. The van der Waals surface area contributed by atoms with Crippen molar-refractivity contribution in [2.45, 2.75) is 19.5 Å². The Kier molecular flexibility index (Phi) is 3.60. The molecule has 0 aliphatic rings. The molecule has 0 amide bonds. The van der Waals surface area contributed by atoms with E-state index in [0.717, 1.165) is 22.6 Å². The summed E-state index contributed by atoms with van der Waals surface area (Å²) in [4.78, 5) is 4.13. The number of H-pyrrole nitrogens is 1. The Hall–Kier alpha value is -2.40. The van der Waals surface area contributed by atoms with Gasteiger partial charge in [-0.3, -0.25) is 10.1 Å². The third-order valence-corrected chi connectivity index (χ3v) is 3.24. The minimum absolute atomic E-state index is 0.154. The van der Waals surface area contributed by atoms with Gasteiger partial charge in [0, 0.05) is 30.1 Å². The predicted octanol–water partition coefficient (Wildman–Crippen LogP) is 2.92. The van der Waals surface area contributed by atoms with E-state index in [0.29, 0.717) is 6.54 Å². The van der Waals surface area contributed by atoms with Crippen LogP contribution in [0.3, 0.4) is 0 Å². The van der Waals surface area contributed by atoms with Gasteiger partial charge < -0.3 is 9.73 Å². The summed E-state index contributed by atoms with van der Waals surface area (Å²) in [6, 6.07) is 7.95. The Morgan fingerprint density at radius 3 is 3.00 bits per heavy atom. The molecular formula is C15H16N4O. The molecule has 0 saturated carbocycles. The Morgan fingerprint density at radius 2 is 2.25 bits per heavy atom. The highest BCUT2D eigenvalue weighted by molar-refractivity contribution is 5.61. The van der Waals surface area contributed by atoms with Crippen molar-refractivity contribution in [1.29, 1.82) is 0 Å². The topological polar surface area (TPSA) is 66.7 Å². The zero-order valence-corrected chi connectivity index (χ0v) is 11.2. The van der Waals surface area contributed by atoms with E-state index in [1.54, 1.807) is 12.5 Å². The van der Waals surface area contributed by atoms with Crippen molar-refractivity contribution in [1.82, 2.24) is 20.5 Å². The molecule has 0 radical (unpaired) electrons. The first-order valence-corrected chi connectivity index (χ1v) is 6.54. The summed E-state index contributed by atoms with van der Waals surface area (Å²) < 4.78 is 5.38. The molecule has 0 fully saturated rings. The molecule has 102 valence electrons. The molecule has 0 aliphatic heterocycles. The number of nitrogens with one attached hydrogen (secondary N) is 2. The molecule has 0 aromatic carbocycles. The smallest absolute Gasteiger partial charge is 0.120 e. The van der Waals surface area contributed by atoms with Crippen LogP contribution in [0.2, 0.25) is 0 Å². The Bertz CT molecular complexity index is 646. The maximum absolute atomic E-state index is 5.38. The van der Waals surface area contributed by atoms with Gasteiger partial charge in [0.15, 0.2) is 0 Å². The monoisotopic (exact) mass is 268 g/mol. The van der Waals surface area contributed by atoms with Gasteiger partial charge in [0.1, 0.15) is 5.76 Å². The van der Waals surface area contributed by atoms with E-state index in [-0.39, 0.29) is 6.04 Å². The zero-order valence-electron chi connectivity index (χ0n) is 11.2. The minimum atomic E-state index is 0.154. The summed E-state index contributed by atoms with van der Waals surface area (Å²) in [5.74, 6) is 0.927. The second-order valence-electron chi connectivity index (χ2n) is 4.63. The molecule has 0 aliphatic carbocycles. The van der Waals surface area contributed by atoms with Crippen LogP contribution < -0.4 is 5.32 Å². The number of rotatable bonds is 5. The zero-order chi connectivity index (χ0) is 13.8. The fraction of sp³-hybridized carbons (Fsp3) is 0.200. The average molecular weight is 268 g/mol. The summed E-state index contributed by atoms with van der Waals surface area (Å²) in [6.45, 7) is 2.78. The molecule has 0 unspecified atom stereocenters. The first-order chi connectivity index (χ1) is 9.84. The van der Waals surface area contributed by atoms with Crippen LogP contribution in [0, 0.1) is 0 Å². The molecule has 3 aromatic rings. The van der Waals surface area contributed by atoms with E-state index >= 15 is 0 Å². The van der Waals surface area contributed by atoms with Crippen molar-refractivity contribution in [3.05, 3.63) is 60.4 Å². The quantitative estimate of drug-likeness (QED) is 0.746. The minimum Gasteiger partial charge on any atom is -0.468 e. The lowest BCUT2D eigenvalue weighted by Gasteiger charge is -2.11. The third kappa shape index (κ3) is 2.62. The molecule has 3 aromatic heterocycles. The molecule has 2 N–H and O–H groups in total. The van der Waals surface area contributed by atoms with Crippen molar-refractivity contribution in [2.24, 2.45) is 0 Å². The van der Waals surface area contributed by atoms with Crippen molar-refractivity contribution in [3.63, 3.8) is 0 Å². The molecule has 0 spiro atoms. The summed E-state index contributed by atoms with van der Waals surface area (Å²) in [6.07, 6.45) is 7.11. The second-order valence-corrected chi connectivity index (χ2v) is 4.63. The van der Waals surface area contributed by atoms with E-state index in [1.807, 2.05) is 36.7 Å². The number of nitrogens with zero attached hydrogens (tertiary/aromatic N) is 2. The molecule has 0 saturated heterocycles. The molecule has 3 heterocycles. The lowest BCUT2D eigenvalue weighted by Crippen LogP contribution is -2.17. The average Bonchev–Trinajstić information content (AvgIpc) is 3.17. The van der Waals surface area contributed by atoms with Crippen molar-refractivity contribution in [2.75, 3.05) is 0 Å². The first-order valence-electron chi connectivity index (χ1n) is 6.54. The van der Waals surface area contributed by atoms with Gasteiger partial charge in [0.25, 0.3) is 0 Å². The summed E-state index contributed by atoms with van der Waals surface area (Å²) in [5, 5.41) is 10.6. The normalized spacial score (nSPS) is 12.4. The SMILES string of the molecule is C[C@@H](NCc1cn[nH]c1-c1cccnc1)c1ccco1.